The first-order valence-corrected chi connectivity index (χ1v) is 10.2. The molecule has 0 aliphatic rings. The standard InChI is InChI=1S/C18H20ClN3O4S/c1-12-10-14(19)8-9-16(12)22(27(3,25)26)11-18(24)21-20-13(2)15-6-4-5-7-17(15)23/h4-10,23H,11H2,1-3H3,(H,21,24)/b20-13-. The Morgan fingerprint density at radius 2 is 1.93 bits per heavy atom. The molecule has 144 valence electrons. The van der Waals surface area contributed by atoms with Gasteiger partial charge in [-0.2, -0.15) is 5.10 Å². The van der Waals surface area contributed by atoms with E-state index >= 15 is 0 Å². The molecule has 0 saturated carbocycles. The summed E-state index contributed by atoms with van der Waals surface area (Å²) in [6.45, 7) is 2.88. The van der Waals surface area contributed by atoms with Crippen LogP contribution in [0.15, 0.2) is 47.6 Å². The Bertz CT molecular complexity index is 990. The topological polar surface area (TPSA) is 99.1 Å². The molecule has 7 nitrogen and oxygen atoms in total. The van der Waals surface area contributed by atoms with Crippen LogP contribution >= 0.6 is 11.6 Å². The van der Waals surface area contributed by atoms with Crippen molar-refractivity contribution in [2.45, 2.75) is 13.8 Å². The minimum Gasteiger partial charge on any atom is -0.507 e. The summed E-state index contributed by atoms with van der Waals surface area (Å²) in [5.41, 5.74) is 4.15. The van der Waals surface area contributed by atoms with Crippen molar-refractivity contribution in [2.75, 3.05) is 17.1 Å². The first kappa shape index (κ1) is 20.7. The largest absolute Gasteiger partial charge is 0.507 e. The van der Waals surface area contributed by atoms with E-state index in [0.717, 1.165) is 10.6 Å². The van der Waals surface area contributed by atoms with Gasteiger partial charge < -0.3 is 5.11 Å². The molecule has 0 spiro atoms. The number of nitrogens with zero attached hydrogens (tertiary/aromatic N) is 2. The summed E-state index contributed by atoms with van der Waals surface area (Å²) in [7, 11) is -3.70. The van der Waals surface area contributed by atoms with Gasteiger partial charge in [0.2, 0.25) is 10.0 Å². The number of aromatic hydroxyl groups is 1. The van der Waals surface area contributed by atoms with E-state index in [2.05, 4.69) is 10.5 Å². The first-order valence-electron chi connectivity index (χ1n) is 7.95. The summed E-state index contributed by atoms with van der Waals surface area (Å²) in [4.78, 5) is 12.3. The average Bonchev–Trinajstić information content (AvgIpc) is 2.57. The highest BCUT2D eigenvalue weighted by atomic mass is 35.5. The number of hydrogen-bond donors (Lipinski definition) is 2. The van der Waals surface area contributed by atoms with E-state index in [0.29, 0.717) is 27.5 Å². The van der Waals surface area contributed by atoms with Crippen molar-refractivity contribution in [1.29, 1.82) is 0 Å². The normalized spacial score (nSPS) is 11.9. The van der Waals surface area contributed by atoms with Crippen LogP contribution in [0.3, 0.4) is 0 Å². The number of sulfonamides is 1. The Morgan fingerprint density at radius 1 is 1.26 bits per heavy atom. The zero-order valence-corrected chi connectivity index (χ0v) is 16.7. The number of hydrogen-bond acceptors (Lipinski definition) is 5. The molecule has 0 atom stereocenters. The monoisotopic (exact) mass is 409 g/mol. The average molecular weight is 410 g/mol. The van der Waals surface area contributed by atoms with Gasteiger partial charge in [-0.25, -0.2) is 13.8 Å². The molecule has 2 N–H and O–H groups in total. The fourth-order valence-corrected chi connectivity index (χ4v) is 3.57. The summed E-state index contributed by atoms with van der Waals surface area (Å²) in [6.07, 6.45) is 1.02. The van der Waals surface area contributed by atoms with E-state index in [1.165, 1.54) is 6.07 Å². The maximum atomic E-state index is 12.3. The van der Waals surface area contributed by atoms with Crippen molar-refractivity contribution < 1.29 is 18.3 Å². The van der Waals surface area contributed by atoms with E-state index in [9.17, 15) is 18.3 Å². The van der Waals surface area contributed by atoms with Crippen LogP contribution in [0.5, 0.6) is 5.75 Å². The summed E-state index contributed by atoms with van der Waals surface area (Å²) < 4.78 is 25.3. The van der Waals surface area contributed by atoms with Gasteiger partial charge in [0.1, 0.15) is 12.3 Å². The first-order chi connectivity index (χ1) is 12.6. The highest BCUT2D eigenvalue weighted by Gasteiger charge is 2.22. The maximum Gasteiger partial charge on any atom is 0.260 e. The lowest BCUT2D eigenvalue weighted by Crippen LogP contribution is -2.39. The Labute approximate surface area is 163 Å². The van der Waals surface area contributed by atoms with E-state index in [1.54, 1.807) is 50.2 Å². The third-order valence-electron chi connectivity index (χ3n) is 3.76. The molecule has 0 aliphatic heterocycles. The van der Waals surface area contributed by atoms with Crippen LogP contribution < -0.4 is 9.73 Å². The van der Waals surface area contributed by atoms with Crippen LogP contribution in [0.2, 0.25) is 5.02 Å². The lowest BCUT2D eigenvalue weighted by Gasteiger charge is -2.23. The van der Waals surface area contributed by atoms with Crippen LogP contribution in [-0.4, -0.2) is 37.9 Å². The molecule has 2 rings (SSSR count). The lowest BCUT2D eigenvalue weighted by molar-refractivity contribution is -0.119. The second-order valence-corrected chi connectivity index (χ2v) is 8.29. The fourth-order valence-electron chi connectivity index (χ4n) is 2.43. The fraction of sp³-hybridized carbons (Fsp3) is 0.222. The molecular formula is C18H20ClN3O4S. The predicted octanol–water partition coefficient (Wildman–Crippen LogP) is 2.66. The molecular weight excluding hydrogens is 390 g/mol. The number of carbonyl (C=O) groups is 1. The third-order valence-corrected chi connectivity index (χ3v) is 5.12. The number of nitrogens with one attached hydrogen (secondary N) is 1. The van der Waals surface area contributed by atoms with Gasteiger partial charge in [-0.15, -0.1) is 0 Å². The lowest BCUT2D eigenvalue weighted by atomic mass is 10.1. The quantitative estimate of drug-likeness (QED) is 0.566. The van der Waals surface area contributed by atoms with Gasteiger partial charge >= 0.3 is 0 Å². The predicted molar refractivity (Wildman–Crippen MR) is 107 cm³/mol. The van der Waals surface area contributed by atoms with E-state index in [-0.39, 0.29) is 5.75 Å². The van der Waals surface area contributed by atoms with Crippen molar-refractivity contribution in [3.8, 4) is 5.75 Å². The number of amides is 1. The van der Waals surface area contributed by atoms with Gasteiger partial charge in [0.05, 0.1) is 17.7 Å². The van der Waals surface area contributed by atoms with Gasteiger partial charge in [0, 0.05) is 10.6 Å². The number of hydrazone groups is 1. The number of aryl methyl sites for hydroxylation is 1. The molecule has 0 aliphatic carbocycles. The SMILES string of the molecule is C/C(=N/NC(=O)CN(c1ccc(Cl)cc1C)S(C)(=O)=O)c1ccccc1O. The van der Waals surface area contributed by atoms with Gasteiger partial charge in [-0.1, -0.05) is 23.7 Å². The number of phenolic OH excluding ortho intramolecular Hbond substituents is 1. The molecule has 2 aromatic carbocycles. The van der Waals surface area contributed by atoms with Crippen molar-refractivity contribution in [3.63, 3.8) is 0 Å². The third kappa shape index (κ3) is 5.45. The van der Waals surface area contributed by atoms with Gasteiger partial charge in [-0.05, 0) is 49.7 Å². The Balaban J connectivity index is 2.20. The summed E-state index contributed by atoms with van der Waals surface area (Å²) >= 11 is 5.91. The highest BCUT2D eigenvalue weighted by molar-refractivity contribution is 7.92. The van der Waals surface area contributed by atoms with Crippen LogP contribution in [0.1, 0.15) is 18.1 Å². The van der Waals surface area contributed by atoms with Crippen LogP contribution in [0.4, 0.5) is 5.69 Å². The molecule has 9 heteroatoms. The van der Waals surface area contributed by atoms with Crippen LogP contribution in [0, 0.1) is 6.92 Å². The van der Waals surface area contributed by atoms with Crippen LogP contribution in [-0.2, 0) is 14.8 Å². The zero-order valence-electron chi connectivity index (χ0n) is 15.1. The molecule has 0 fully saturated rings. The molecule has 2 aromatic rings. The van der Waals surface area contributed by atoms with Crippen molar-refractivity contribution >= 4 is 38.9 Å². The highest BCUT2D eigenvalue weighted by Crippen LogP contribution is 2.25. The summed E-state index contributed by atoms with van der Waals surface area (Å²) in [5.74, 6) is -0.591. The number of carbonyl (C=O) groups excluding carboxylic acids is 1. The molecule has 1 amide bonds. The molecule has 0 unspecified atom stereocenters. The summed E-state index contributed by atoms with van der Waals surface area (Å²) in [6, 6.07) is 11.3. The molecule has 0 aromatic heterocycles. The van der Waals surface area contributed by atoms with Crippen LogP contribution in [0.25, 0.3) is 0 Å². The smallest absolute Gasteiger partial charge is 0.260 e. The van der Waals surface area contributed by atoms with Gasteiger partial charge in [0.15, 0.2) is 0 Å². The van der Waals surface area contributed by atoms with Crippen molar-refractivity contribution in [2.24, 2.45) is 5.10 Å². The minimum atomic E-state index is -3.70. The Hall–Kier alpha value is -2.58. The zero-order chi connectivity index (χ0) is 20.2. The minimum absolute atomic E-state index is 0.0301. The molecule has 0 saturated heterocycles. The second kappa shape index (κ2) is 8.41. The number of phenols is 1. The molecule has 0 radical (unpaired) electrons. The molecule has 27 heavy (non-hydrogen) atoms. The Kier molecular flexibility index (Phi) is 6.45. The number of halogens is 1. The second-order valence-electron chi connectivity index (χ2n) is 5.95. The number of anilines is 1. The van der Waals surface area contributed by atoms with E-state index in [1.807, 2.05) is 0 Å². The van der Waals surface area contributed by atoms with Gasteiger partial charge in [0.25, 0.3) is 5.91 Å². The maximum absolute atomic E-state index is 12.3. The number of benzene rings is 2. The number of para-hydroxylation sites is 1. The Morgan fingerprint density at radius 3 is 2.52 bits per heavy atom. The van der Waals surface area contributed by atoms with E-state index < -0.39 is 22.5 Å². The number of rotatable bonds is 6. The van der Waals surface area contributed by atoms with Crippen molar-refractivity contribution in [3.05, 3.63) is 58.6 Å². The molecule has 0 bridgehead atoms. The van der Waals surface area contributed by atoms with Crippen molar-refractivity contribution in [1.82, 2.24) is 5.43 Å². The summed E-state index contributed by atoms with van der Waals surface area (Å²) in [5, 5.41) is 14.2. The molecule has 0 heterocycles. The van der Waals surface area contributed by atoms with E-state index in [4.69, 9.17) is 11.6 Å². The van der Waals surface area contributed by atoms with Gasteiger partial charge in [-0.3, -0.25) is 9.10 Å².